The number of fused-ring (bicyclic) bond motifs is 1. The second-order valence-electron chi connectivity index (χ2n) is 6.14. The van der Waals surface area contributed by atoms with E-state index in [0.29, 0.717) is 23.1 Å². The molecular weight excluding hydrogens is 305 g/mol. The number of hydrogen-bond donors (Lipinski definition) is 1. The van der Waals surface area contributed by atoms with Gasteiger partial charge in [-0.2, -0.15) is 5.26 Å². The van der Waals surface area contributed by atoms with E-state index in [1.54, 1.807) is 12.1 Å². The van der Waals surface area contributed by atoms with Gasteiger partial charge in [-0.15, -0.1) is 0 Å². The van der Waals surface area contributed by atoms with Crippen LogP contribution in [0.1, 0.15) is 24.3 Å². The van der Waals surface area contributed by atoms with Crippen LogP contribution in [0.4, 0.5) is 4.39 Å². The Morgan fingerprint density at radius 1 is 1.21 bits per heavy atom. The molecule has 4 nitrogen and oxygen atoms in total. The number of rotatable bonds is 2. The number of hydrogen-bond acceptors (Lipinski definition) is 4. The summed E-state index contributed by atoms with van der Waals surface area (Å²) in [5.41, 5.74) is 2.12. The summed E-state index contributed by atoms with van der Waals surface area (Å²) < 4.78 is 20.7. The standard InChI is InChI=1S/C19H16FN3O/c20-19(7-2-8-22-12-19)18-23-16-10-15(5-6-17(16)24-18)14-4-1-3-13(9-14)11-21/h1,3-6,9-10,22H,2,7-8,12H2. The van der Waals surface area contributed by atoms with Crippen LogP contribution in [-0.4, -0.2) is 18.1 Å². The highest BCUT2D eigenvalue weighted by Gasteiger charge is 2.38. The number of alkyl halides is 1. The molecule has 1 N–H and O–H groups in total. The van der Waals surface area contributed by atoms with Gasteiger partial charge in [0.25, 0.3) is 0 Å². The molecule has 1 aromatic heterocycles. The Morgan fingerprint density at radius 3 is 2.88 bits per heavy atom. The zero-order chi connectivity index (χ0) is 16.6. The second-order valence-corrected chi connectivity index (χ2v) is 6.14. The van der Waals surface area contributed by atoms with Gasteiger partial charge in [-0.3, -0.25) is 0 Å². The lowest BCUT2D eigenvalue weighted by molar-refractivity contribution is 0.0889. The van der Waals surface area contributed by atoms with Crippen molar-refractivity contribution in [2.24, 2.45) is 0 Å². The fraction of sp³-hybridized carbons (Fsp3) is 0.263. The Hall–Kier alpha value is -2.71. The van der Waals surface area contributed by atoms with Crippen LogP contribution in [0.15, 0.2) is 46.9 Å². The van der Waals surface area contributed by atoms with E-state index in [1.165, 1.54) is 0 Å². The maximum Gasteiger partial charge on any atom is 0.234 e. The molecule has 4 rings (SSSR count). The van der Waals surface area contributed by atoms with Crippen LogP contribution < -0.4 is 5.32 Å². The summed E-state index contributed by atoms with van der Waals surface area (Å²) >= 11 is 0. The van der Waals surface area contributed by atoms with Crippen LogP contribution in [0.3, 0.4) is 0 Å². The van der Waals surface area contributed by atoms with Gasteiger partial charge >= 0.3 is 0 Å². The Bertz CT molecular complexity index is 935. The molecule has 1 saturated heterocycles. The van der Waals surface area contributed by atoms with Crippen molar-refractivity contribution in [3.8, 4) is 17.2 Å². The zero-order valence-electron chi connectivity index (χ0n) is 13.1. The largest absolute Gasteiger partial charge is 0.437 e. The van der Waals surface area contributed by atoms with Crippen molar-refractivity contribution in [3.05, 3.63) is 53.9 Å². The van der Waals surface area contributed by atoms with Crippen LogP contribution >= 0.6 is 0 Å². The van der Waals surface area contributed by atoms with Crippen molar-refractivity contribution < 1.29 is 8.81 Å². The summed E-state index contributed by atoms with van der Waals surface area (Å²) in [5, 5.41) is 12.1. The zero-order valence-corrected chi connectivity index (χ0v) is 13.1. The predicted octanol–water partition coefficient (Wildman–Crippen LogP) is 3.91. The lowest BCUT2D eigenvalue weighted by atomic mass is 9.96. The number of oxazole rings is 1. The van der Waals surface area contributed by atoms with E-state index in [-0.39, 0.29) is 12.4 Å². The number of nitrogens with zero attached hydrogens (tertiary/aromatic N) is 2. The van der Waals surface area contributed by atoms with Crippen LogP contribution in [-0.2, 0) is 5.67 Å². The monoisotopic (exact) mass is 321 g/mol. The summed E-state index contributed by atoms with van der Waals surface area (Å²) in [7, 11) is 0. The molecule has 0 bridgehead atoms. The van der Waals surface area contributed by atoms with Gasteiger partial charge in [0.1, 0.15) is 5.52 Å². The van der Waals surface area contributed by atoms with E-state index in [2.05, 4.69) is 16.4 Å². The quantitative estimate of drug-likeness (QED) is 0.777. The third kappa shape index (κ3) is 2.55. The molecule has 1 unspecified atom stereocenters. The lowest BCUT2D eigenvalue weighted by Gasteiger charge is -2.26. The third-order valence-corrected chi connectivity index (χ3v) is 4.43. The molecule has 0 saturated carbocycles. The van der Waals surface area contributed by atoms with Gasteiger partial charge in [-0.25, -0.2) is 9.37 Å². The summed E-state index contributed by atoms with van der Waals surface area (Å²) in [5.74, 6) is 0.146. The number of piperidine rings is 1. The first-order chi connectivity index (χ1) is 11.7. The molecule has 24 heavy (non-hydrogen) atoms. The van der Waals surface area contributed by atoms with Crippen LogP contribution in [0, 0.1) is 11.3 Å². The Labute approximate surface area is 138 Å². The van der Waals surface area contributed by atoms with Gasteiger partial charge in [0.2, 0.25) is 5.89 Å². The summed E-state index contributed by atoms with van der Waals surface area (Å²) in [6.45, 7) is 1.06. The first kappa shape index (κ1) is 14.9. The molecule has 1 aliphatic heterocycles. The van der Waals surface area contributed by atoms with Gasteiger partial charge in [0.05, 0.1) is 11.6 Å². The molecule has 0 amide bonds. The molecule has 0 radical (unpaired) electrons. The summed E-state index contributed by atoms with van der Waals surface area (Å²) in [6, 6.07) is 15.1. The SMILES string of the molecule is N#Cc1cccc(-c2ccc3oc(C4(F)CCCNC4)nc3c2)c1. The smallest absolute Gasteiger partial charge is 0.234 e. The van der Waals surface area contributed by atoms with Crippen molar-refractivity contribution >= 4 is 11.1 Å². The van der Waals surface area contributed by atoms with Crippen molar-refractivity contribution in [2.75, 3.05) is 13.1 Å². The first-order valence-corrected chi connectivity index (χ1v) is 7.99. The van der Waals surface area contributed by atoms with Crippen molar-refractivity contribution in [1.29, 1.82) is 5.26 Å². The molecule has 120 valence electrons. The molecule has 5 heteroatoms. The van der Waals surface area contributed by atoms with E-state index in [4.69, 9.17) is 9.68 Å². The minimum absolute atomic E-state index is 0.146. The van der Waals surface area contributed by atoms with Crippen LogP contribution in [0.2, 0.25) is 0 Å². The highest BCUT2D eigenvalue weighted by molar-refractivity contribution is 5.80. The Kier molecular flexibility index (Phi) is 3.55. The number of nitrogens with one attached hydrogen (secondary N) is 1. The predicted molar refractivity (Wildman–Crippen MR) is 89.0 cm³/mol. The van der Waals surface area contributed by atoms with Gasteiger partial charge < -0.3 is 9.73 Å². The molecule has 2 aromatic carbocycles. The number of aromatic nitrogens is 1. The highest BCUT2D eigenvalue weighted by Crippen LogP contribution is 2.35. The molecule has 0 spiro atoms. The summed E-state index contributed by atoms with van der Waals surface area (Å²) in [4.78, 5) is 4.39. The van der Waals surface area contributed by atoms with Crippen LogP contribution in [0.5, 0.6) is 0 Å². The van der Waals surface area contributed by atoms with E-state index in [1.807, 2.05) is 30.3 Å². The Morgan fingerprint density at radius 2 is 2.08 bits per heavy atom. The van der Waals surface area contributed by atoms with E-state index >= 15 is 4.39 Å². The van der Waals surface area contributed by atoms with Gasteiger partial charge in [-0.05, 0) is 54.8 Å². The van der Waals surface area contributed by atoms with Gasteiger partial charge in [0, 0.05) is 6.54 Å². The number of benzene rings is 2. The maximum absolute atomic E-state index is 15.0. The van der Waals surface area contributed by atoms with E-state index in [0.717, 1.165) is 24.1 Å². The molecule has 1 fully saturated rings. The minimum Gasteiger partial charge on any atom is -0.437 e. The summed E-state index contributed by atoms with van der Waals surface area (Å²) in [6.07, 6.45) is 1.19. The number of halogens is 1. The average Bonchev–Trinajstić information content (AvgIpc) is 3.06. The normalized spacial score (nSPS) is 20.8. The van der Waals surface area contributed by atoms with Gasteiger partial charge in [-0.1, -0.05) is 18.2 Å². The molecular formula is C19H16FN3O. The second kappa shape index (κ2) is 5.73. The molecule has 0 aliphatic carbocycles. The fourth-order valence-corrected chi connectivity index (χ4v) is 3.12. The van der Waals surface area contributed by atoms with Crippen molar-refractivity contribution in [2.45, 2.75) is 18.5 Å². The molecule has 1 atom stereocenters. The third-order valence-electron chi connectivity index (χ3n) is 4.43. The fourth-order valence-electron chi connectivity index (χ4n) is 3.12. The molecule has 1 aliphatic rings. The van der Waals surface area contributed by atoms with Crippen molar-refractivity contribution in [1.82, 2.24) is 10.3 Å². The average molecular weight is 321 g/mol. The van der Waals surface area contributed by atoms with Crippen molar-refractivity contribution in [3.63, 3.8) is 0 Å². The van der Waals surface area contributed by atoms with E-state index < -0.39 is 5.67 Å². The highest BCUT2D eigenvalue weighted by atomic mass is 19.1. The van der Waals surface area contributed by atoms with E-state index in [9.17, 15) is 0 Å². The topological polar surface area (TPSA) is 61.9 Å². The minimum atomic E-state index is -1.54. The van der Waals surface area contributed by atoms with Gasteiger partial charge in [0.15, 0.2) is 11.3 Å². The Balaban J connectivity index is 1.75. The number of nitriles is 1. The maximum atomic E-state index is 15.0. The molecule has 2 heterocycles. The first-order valence-electron chi connectivity index (χ1n) is 7.99. The lowest BCUT2D eigenvalue weighted by Crippen LogP contribution is -2.40. The van der Waals surface area contributed by atoms with Crippen LogP contribution in [0.25, 0.3) is 22.2 Å². The molecule has 3 aromatic rings.